The van der Waals surface area contributed by atoms with E-state index in [9.17, 15) is 4.79 Å². The van der Waals surface area contributed by atoms with Gasteiger partial charge in [0.1, 0.15) is 0 Å². The lowest BCUT2D eigenvalue weighted by molar-refractivity contribution is 0.0951. The molecule has 0 atom stereocenters. The summed E-state index contributed by atoms with van der Waals surface area (Å²) in [4.78, 5) is 15.5. The Kier molecular flexibility index (Phi) is 4.47. The second-order valence-corrected chi connectivity index (χ2v) is 4.77. The van der Waals surface area contributed by atoms with Crippen LogP contribution in [-0.4, -0.2) is 30.8 Å². The predicted molar refractivity (Wildman–Crippen MR) is 61.1 cm³/mol. The van der Waals surface area contributed by atoms with Gasteiger partial charge >= 0.3 is 0 Å². The van der Waals surface area contributed by atoms with Crippen LogP contribution in [0.3, 0.4) is 0 Å². The van der Waals surface area contributed by atoms with Gasteiger partial charge in [-0.2, -0.15) is 5.26 Å². The Hall–Kier alpha value is -1.18. The summed E-state index contributed by atoms with van der Waals surface area (Å²) in [5.74, 6) is 0.133. The maximum atomic E-state index is 11.7. The zero-order chi connectivity index (χ0) is 11.3. The summed E-state index contributed by atoms with van der Waals surface area (Å²) >= 11 is 1.52. The molecule has 1 aromatic heterocycles. The molecule has 0 fully saturated rings. The fourth-order valence-electron chi connectivity index (χ4n) is 1.23. The minimum atomic E-state index is 0.133. The number of ketones is 1. The maximum Gasteiger partial charge on any atom is 0.186 e. The average molecular weight is 222 g/mol. The van der Waals surface area contributed by atoms with Gasteiger partial charge in [0.2, 0.25) is 0 Å². The molecule has 1 rings (SSSR count). The summed E-state index contributed by atoms with van der Waals surface area (Å²) in [5, 5.41) is 8.41. The lowest BCUT2D eigenvalue weighted by Crippen LogP contribution is -2.26. The van der Waals surface area contributed by atoms with E-state index in [1.54, 1.807) is 0 Å². The Morgan fingerprint density at radius 2 is 2.33 bits per heavy atom. The number of hydrogen-bond acceptors (Lipinski definition) is 4. The molecule has 0 unspecified atom stereocenters. The van der Waals surface area contributed by atoms with Gasteiger partial charge in [-0.05, 0) is 26.1 Å². The molecule has 80 valence electrons. The Labute approximate surface area is 93.9 Å². The first-order valence-corrected chi connectivity index (χ1v) is 5.60. The van der Waals surface area contributed by atoms with Crippen LogP contribution < -0.4 is 0 Å². The Morgan fingerprint density at radius 3 is 2.87 bits per heavy atom. The third-order valence-electron chi connectivity index (χ3n) is 2.03. The third kappa shape index (κ3) is 3.82. The van der Waals surface area contributed by atoms with Crippen molar-refractivity contribution in [3.8, 4) is 6.07 Å². The lowest BCUT2D eigenvalue weighted by atomic mass is 10.3. The van der Waals surface area contributed by atoms with Gasteiger partial charge in [0, 0.05) is 17.8 Å². The molecular formula is C11H14N2OS. The predicted octanol–water partition coefficient (Wildman–Crippen LogP) is 2.08. The van der Waals surface area contributed by atoms with Crippen LogP contribution in [0.5, 0.6) is 0 Å². The van der Waals surface area contributed by atoms with Crippen molar-refractivity contribution >= 4 is 17.1 Å². The molecule has 0 aliphatic heterocycles. The highest BCUT2D eigenvalue weighted by Gasteiger charge is 2.10. The molecule has 0 bridgehead atoms. The van der Waals surface area contributed by atoms with E-state index in [1.807, 2.05) is 31.0 Å². The second-order valence-electron chi connectivity index (χ2n) is 3.48. The summed E-state index contributed by atoms with van der Waals surface area (Å²) in [6.45, 7) is 3.02. The molecule has 0 N–H and O–H groups in total. The van der Waals surface area contributed by atoms with Gasteiger partial charge in [-0.1, -0.05) is 0 Å². The topological polar surface area (TPSA) is 44.1 Å². The van der Waals surface area contributed by atoms with Crippen molar-refractivity contribution in [2.24, 2.45) is 0 Å². The molecule has 0 aliphatic rings. The van der Waals surface area contributed by atoms with Crippen LogP contribution in [0.15, 0.2) is 12.1 Å². The number of carbonyl (C=O) groups is 1. The zero-order valence-corrected chi connectivity index (χ0v) is 9.80. The maximum absolute atomic E-state index is 11.7. The van der Waals surface area contributed by atoms with Crippen LogP contribution in [0.1, 0.15) is 21.0 Å². The molecule has 3 nitrogen and oxygen atoms in total. The summed E-state index contributed by atoms with van der Waals surface area (Å²) in [6.07, 6.45) is 0.466. The number of carbonyl (C=O) groups excluding carboxylic acids is 1. The lowest BCUT2D eigenvalue weighted by Gasteiger charge is -2.12. The highest BCUT2D eigenvalue weighted by Crippen LogP contribution is 2.15. The number of aryl methyl sites for hydroxylation is 1. The van der Waals surface area contributed by atoms with E-state index < -0.39 is 0 Å². The van der Waals surface area contributed by atoms with Gasteiger partial charge in [0.15, 0.2) is 5.78 Å². The largest absolute Gasteiger partial charge is 0.298 e. The van der Waals surface area contributed by atoms with Crippen LogP contribution in [0, 0.1) is 18.3 Å². The Balaban J connectivity index is 2.46. The third-order valence-corrected chi connectivity index (χ3v) is 3.08. The summed E-state index contributed by atoms with van der Waals surface area (Å²) in [6, 6.07) is 5.88. The Morgan fingerprint density at radius 1 is 1.60 bits per heavy atom. The van der Waals surface area contributed by atoms with Gasteiger partial charge in [-0.25, -0.2) is 0 Å². The summed E-state index contributed by atoms with van der Waals surface area (Å²) in [7, 11) is 1.86. The molecule has 0 spiro atoms. The molecular weight excluding hydrogens is 208 g/mol. The van der Waals surface area contributed by atoms with Crippen LogP contribution in [0.25, 0.3) is 0 Å². The SMILES string of the molecule is Cc1ccc(C(=O)CN(C)CCC#N)s1. The van der Waals surface area contributed by atoms with Crippen molar-refractivity contribution in [1.29, 1.82) is 5.26 Å². The highest BCUT2D eigenvalue weighted by atomic mass is 32.1. The van der Waals surface area contributed by atoms with Crippen molar-refractivity contribution in [2.75, 3.05) is 20.1 Å². The Bertz CT molecular complexity index is 378. The number of rotatable bonds is 5. The number of likely N-dealkylation sites (N-methyl/N-ethyl adjacent to an activating group) is 1. The van der Waals surface area contributed by atoms with E-state index in [4.69, 9.17) is 5.26 Å². The minimum absolute atomic E-state index is 0.133. The first kappa shape index (κ1) is 11.9. The van der Waals surface area contributed by atoms with E-state index in [0.717, 1.165) is 9.75 Å². The molecule has 0 amide bonds. The fourth-order valence-corrected chi connectivity index (χ4v) is 2.02. The van der Waals surface area contributed by atoms with E-state index in [0.29, 0.717) is 19.5 Å². The fraction of sp³-hybridized carbons (Fsp3) is 0.455. The van der Waals surface area contributed by atoms with Gasteiger partial charge in [-0.3, -0.25) is 9.69 Å². The first-order valence-electron chi connectivity index (χ1n) is 4.78. The van der Waals surface area contributed by atoms with E-state index in [2.05, 4.69) is 6.07 Å². The van der Waals surface area contributed by atoms with Crippen molar-refractivity contribution in [1.82, 2.24) is 4.90 Å². The number of hydrogen-bond donors (Lipinski definition) is 0. The van der Waals surface area contributed by atoms with Crippen molar-refractivity contribution < 1.29 is 4.79 Å². The normalized spacial score (nSPS) is 10.3. The molecule has 0 saturated heterocycles. The number of nitriles is 1. The van der Waals surface area contributed by atoms with Crippen LogP contribution >= 0.6 is 11.3 Å². The second kappa shape index (κ2) is 5.64. The van der Waals surface area contributed by atoms with E-state index in [-0.39, 0.29) is 5.78 Å². The van der Waals surface area contributed by atoms with Crippen molar-refractivity contribution in [3.05, 3.63) is 21.9 Å². The molecule has 1 aromatic rings. The molecule has 0 aromatic carbocycles. The van der Waals surface area contributed by atoms with Crippen molar-refractivity contribution in [3.63, 3.8) is 0 Å². The summed E-state index contributed by atoms with van der Waals surface area (Å²) < 4.78 is 0. The van der Waals surface area contributed by atoms with Gasteiger partial charge in [0.05, 0.1) is 17.5 Å². The monoisotopic (exact) mass is 222 g/mol. The average Bonchev–Trinajstić information content (AvgIpc) is 2.61. The molecule has 4 heteroatoms. The molecule has 0 radical (unpaired) electrons. The number of Topliss-reactive ketones (excluding diaryl/α,β-unsaturated/α-hetero) is 1. The van der Waals surface area contributed by atoms with Crippen LogP contribution in [-0.2, 0) is 0 Å². The van der Waals surface area contributed by atoms with Crippen molar-refractivity contribution in [2.45, 2.75) is 13.3 Å². The first-order chi connectivity index (χ1) is 7.13. The van der Waals surface area contributed by atoms with Gasteiger partial charge in [-0.15, -0.1) is 11.3 Å². The van der Waals surface area contributed by atoms with Gasteiger partial charge in [0.25, 0.3) is 0 Å². The quantitative estimate of drug-likeness (QED) is 0.716. The summed E-state index contributed by atoms with van der Waals surface area (Å²) in [5.41, 5.74) is 0. The van der Waals surface area contributed by atoms with E-state index >= 15 is 0 Å². The minimum Gasteiger partial charge on any atom is -0.298 e. The zero-order valence-electron chi connectivity index (χ0n) is 8.99. The highest BCUT2D eigenvalue weighted by molar-refractivity contribution is 7.14. The van der Waals surface area contributed by atoms with Crippen LogP contribution in [0.4, 0.5) is 0 Å². The standard InChI is InChI=1S/C11H14N2OS/c1-9-4-5-11(15-9)10(14)8-13(2)7-3-6-12/h4-5H,3,7-8H2,1-2H3. The smallest absolute Gasteiger partial charge is 0.186 e. The number of nitrogens with zero attached hydrogens (tertiary/aromatic N) is 2. The molecule has 15 heavy (non-hydrogen) atoms. The number of thiophene rings is 1. The molecule has 1 heterocycles. The molecule has 0 saturated carbocycles. The van der Waals surface area contributed by atoms with E-state index in [1.165, 1.54) is 11.3 Å². The van der Waals surface area contributed by atoms with Crippen LogP contribution in [0.2, 0.25) is 0 Å². The van der Waals surface area contributed by atoms with Gasteiger partial charge < -0.3 is 0 Å². The molecule has 0 aliphatic carbocycles.